The molecular formula is C20H23N7O4S2. The molecular weight excluding hydrogens is 466 g/mol. The van der Waals surface area contributed by atoms with Gasteiger partial charge >= 0.3 is 6.03 Å². The summed E-state index contributed by atoms with van der Waals surface area (Å²) in [7, 11) is -2.04. The van der Waals surface area contributed by atoms with Crippen molar-refractivity contribution in [2.24, 2.45) is 13.0 Å². The number of sulfonamides is 1. The zero-order chi connectivity index (χ0) is 23.4. The van der Waals surface area contributed by atoms with Crippen LogP contribution in [0.4, 0.5) is 4.79 Å². The lowest BCUT2D eigenvalue weighted by molar-refractivity contribution is -0.135. The molecule has 5 rings (SSSR count). The monoisotopic (exact) mass is 489 g/mol. The molecule has 2 fully saturated rings. The highest BCUT2D eigenvalue weighted by atomic mass is 32.3. The molecule has 2 unspecified atom stereocenters. The number of rotatable bonds is 7. The molecule has 174 valence electrons. The van der Waals surface area contributed by atoms with E-state index in [1.165, 1.54) is 17.3 Å². The van der Waals surface area contributed by atoms with Gasteiger partial charge in [-0.25, -0.2) is 27.9 Å². The van der Waals surface area contributed by atoms with Crippen LogP contribution < -0.4 is 4.72 Å². The number of thioether (sulfide) groups is 1. The van der Waals surface area contributed by atoms with Crippen LogP contribution in [0.25, 0.3) is 0 Å². The van der Waals surface area contributed by atoms with Crippen LogP contribution in [0.2, 0.25) is 0 Å². The molecule has 1 N–H and O–H groups in total. The van der Waals surface area contributed by atoms with Gasteiger partial charge in [0.15, 0.2) is 0 Å². The number of aryl methyl sites for hydroxylation is 1. The van der Waals surface area contributed by atoms with Crippen molar-refractivity contribution >= 4 is 33.7 Å². The van der Waals surface area contributed by atoms with Gasteiger partial charge in [-0.05, 0) is 25.8 Å². The molecule has 0 aromatic carbocycles. The fourth-order valence-corrected chi connectivity index (χ4v) is 7.22. The Kier molecular flexibility index (Phi) is 5.29. The Bertz CT molecular complexity index is 1240. The Morgan fingerprint density at radius 3 is 2.52 bits per heavy atom. The summed E-state index contributed by atoms with van der Waals surface area (Å²) < 4.78 is 30.4. The van der Waals surface area contributed by atoms with Gasteiger partial charge in [-0.2, -0.15) is 5.10 Å². The number of carbonyl (C=O) groups is 2. The fourth-order valence-electron chi connectivity index (χ4n) is 3.91. The first-order chi connectivity index (χ1) is 15.7. The first-order valence-corrected chi connectivity index (χ1v) is 12.8. The molecule has 0 bridgehead atoms. The molecule has 1 aliphatic carbocycles. The van der Waals surface area contributed by atoms with Crippen molar-refractivity contribution in [3.05, 3.63) is 52.6 Å². The summed E-state index contributed by atoms with van der Waals surface area (Å²) in [4.78, 5) is 37.5. The molecule has 3 amide bonds. The molecule has 33 heavy (non-hydrogen) atoms. The summed E-state index contributed by atoms with van der Waals surface area (Å²) in [6, 6.07) is -0.490. The number of nitrogens with one attached hydrogen (secondary N) is 1. The summed E-state index contributed by atoms with van der Waals surface area (Å²) >= 11 is 1.03. The molecule has 0 spiro atoms. The van der Waals surface area contributed by atoms with Gasteiger partial charge in [-0.3, -0.25) is 14.4 Å². The number of amides is 3. The summed E-state index contributed by atoms with van der Waals surface area (Å²) in [6.45, 7) is 2.05. The first-order valence-electron chi connectivity index (χ1n) is 10.4. The van der Waals surface area contributed by atoms with Crippen LogP contribution in [0.15, 0.2) is 41.4 Å². The molecule has 4 heterocycles. The summed E-state index contributed by atoms with van der Waals surface area (Å²) in [5.74, 6) is -1.21. The summed E-state index contributed by atoms with van der Waals surface area (Å²) in [5.41, 5.74) is 0.938. The predicted molar refractivity (Wildman–Crippen MR) is 119 cm³/mol. The van der Waals surface area contributed by atoms with E-state index < -0.39 is 38.8 Å². The maximum atomic E-state index is 13.5. The largest absolute Gasteiger partial charge is 0.328 e. The Balaban J connectivity index is 1.47. The minimum Gasteiger partial charge on any atom is -0.306 e. The lowest BCUT2D eigenvalue weighted by Crippen LogP contribution is -2.58. The van der Waals surface area contributed by atoms with Crippen LogP contribution >= 0.6 is 11.8 Å². The number of hydrogen-bond acceptors (Lipinski definition) is 8. The van der Waals surface area contributed by atoms with Crippen molar-refractivity contribution in [2.75, 3.05) is 0 Å². The van der Waals surface area contributed by atoms with E-state index in [4.69, 9.17) is 0 Å². The van der Waals surface area contributed by atoms with Gasteiger partial charge in [-0.1, -0.05) is 11.8 Å². The number of fused-ring (bicyclic) bond motifs is 1. The van der Waals surface area contributed by atoms with E-state index in [1.807, 2.05) is 6.92 Å². The Morgan fingerprint density at radius 2 is 1.88 bits per heavy atom. The van der Waals surface area contributed by atoms with Gasteiger partial charge in [0, 0.05) is 42.3 Å². The second-order valence-corrected chi connectivity index (χ2v) is 11.9. The van der Waals surface area contributed by atoms with E-state index >= 15 is 0 Å². The number of imide groups is 1. The van der Waals surface area contributed by atoms with Crippen LogP contribution in [0.5, 0.6) is 0 Å². The first kappa shape index (κ1) is 22.0. The Labute approximate surface area is 195 Å². The molecule has 13 heteroatoms. The minimum absolute atomic E-state index is 0.0490. The highest BCUT2D eigenvalue weighted by Crippen LogP contribution is 2.46. The Morgan fingerprint density at radius 1 is 1.15 bits per heavy atom. The molecule has 2 aromatic rings. The molecule has 1 saturated carbocycles. The average molecular weight is 490 g/mol. The molecule has 1 saturated heterocycles. The van der Waals surface area contributed by atoms with Gasteiger partial charge in [0.05, 0.1) is 25.2 Å². The number of urea groups is 1. The van der Waals surface area contributed by atoms with Crippen molar-refractivity contribution in [1.29, 1.82) is 0 Å². The van der Waals surface area contributed by atoms with Gasteiger partial charge in [0.2, 0.25) is 15.9 Å². The van der Waals surface area contributed by atoms with E-state index in [-0.39, 0.29) is 17.3 Å². The fraction of sp³-hybridized carbons (Fsp3) is 0.450. The number of nitrogens with zero attached hydrogens (tertiary/aromatic N) is 6. The summed E-state index contributed by atoms with van der Waals surface area (Å²) in [5, 5.41) is 3.43. The van der Waals surface area contributed by atoms with Gasteiger partial charge in [-0.15, -0.1) is 0 Å². The zero-order valence-electron chi connectivity index (χ0n) is 18.1. The van der Waals surface area contributed by atoms with Crippen molar-refractivity contribution < 1.29 is 18.0 Å². The molecule has 2 aliphatic heterocycles. The van der Waals surface area contributed by atoms with E-state index in [0.29, 0.717) is 11.1 Å². The lowest BCUT2D eigenvalue weighted by Gasteiger charge is -2.41. The van der Waals surface area contributed by atoms with Crippen molar-refractivity contribution in [1.82, 2.24) is 34.3 Å². The highest BCUT2D eigenvalue weighted by Gasteiger charge is 2.52. The molecule has 2 aromatic heterocycles. The van der Waals surface area contributed by atoms with Crippen molar-refractivity contribution in [3.63, 3.8) is 0 Å². The van der Waals surface area contributed by atoms with Crippen LogP contribution in [-0.2, 0) is 35.0 Å². The van der Waals surface area contributed by atoms with Gasteiger partial charge < -0.3 is 4.90 Å². The lowest BCUT2D eigenvalue weighted by atomic mass is 10.0. The van der Waals surface area contributed by atoms with Crippen LogP contribution in [0, 0.1) is 5.92 Å². The van der Waals surface area contributed by atoms with Gasteiger partial charge in [0.1, 0.15) is 15.9 Å². The van der Waals surface area contributed by atoms with E-state index in [1.54, 1.807) is 36.5 Å². The predicted octanol–water partition coefficient (Wildman–Crippen LogP) is 1.18. The number of aromatic nitrogens is 4. The smallest absolute Gasteiger partial charge is 0.306 e. The normalized spacial score (nSPS) is 24.1. The van der Waals surface area contributed by atoms with Crippen LogP contribution in [0.3, 0.4) is 0 Å². The minimum atomic E-state index is -3.80. The van der Waals surface area contributed by atoms with Crippen molar-refractivity contribution in [3.8, 4) is 0 Å². The maximum absolute atomic E-state index is 13.5. The molecule has 3 aliphatic rings. The van der Waals surface area contributed by atoms with Crippen molar-refractivity contribution in [2.45, 2.75) is 43.8 Å². The highest BCUT2D eigenvalue weighted by molar-refractivity contribution is 8.18. The third-order valence-electron chi connectivity index (χ3n) is 5.91. The second-order valence-electron chi connectivity index (χ2n) is 8.79. The topological polar surface area (TPSA) is 130 Å². The second kappa shape index (κ2) is 7.92. The number of hydrogen-bond donors (Lipinski definition) is 1. The molecule has 0 radical (unpaired) electrons. The molecule has 2 atom stereocenters. The van der Waals surface area contributed by atoms with E-state index in [9.17, 15) is 18.0 Å². The van der Waals surface area contributed by atoms with Gasteiger partial charge in [0.25, 0.3) is 0 Å². The SMILES string of the molecule is Cn1cc(CN2C(=O)C3C=C(S(=O)(=O)NC4(C)CC4)SC3N(Cc3cncnc3)C2=O)cn1. The maximum Gasteiger partial charge on any atom is 0.328 e. The Hall–Kier alpha value is -2.77. The average Bonchev–Trinajstić information content (AvgIpc) is 3.15. The van der Waals surface area contributed by atoms with Crippen LogP contribution in [0.1, 0.15) is 30.9 Å². The quantitative estimate of drug-likeness (QED) is 0.614. The van der Waals surface area contributed by atoms with Crippen LogP contribution in [-0.4, -0.2) is 60.8 Å². The third-order valence-corrected chi connectivity index (χ3v) is 9.44. The van der Waals surface area contributed by atoms with E-state index in [2.05, 4.69) is 19.8 Å². The zero-order valence-corrected chi connectivity index (χ0v) is 19.7. The molecule has 11 nitrogen and oxygen atoms in total. The standard InChI is InChI=1S/C20H23N7O4S2/c1-20(3-4-20)24-33(30,31)16-5-15-17(28)26(11-14-8-23-25(2)9-14)19(29)27(18(15)32-16)10-13-6-21-12-22-7-13/h5-9,12,15,18,24H,3-4,10-11H2,1-2H3. The van der Waals surface area contributed by atoms with E-state index in [0.717, 1.165) is 29.5 Å². The third kappa shape index (κ3) is 4.27. The summed E-state index contributed by atoms with van der Waals surface area (Å²) in [6.07, 6.45) is 10.9. The number of carbonyl (C=O) groups excluding carboxylic acids is 2.